The lowest BCUT2D eigenvalue weighted by molar-refractivity contribution is -0.139. The Labute approximate surface area is 120 Å². The third kappa shape index (κ3) is 3.01. The molecule has 4 unspecified atom stereocenters. The van der Waals surface area contributed by atoms with Crippen LogP contribution in [0.2, 0.25) is 0 Å². The van der Waals surface area contributed by atoms with Crippen molar-refractivity contribution in [2.45, 2.75) is 38.1 Å². The van der Waals surface area contributed by atoms with Crippen LogP contribution in [-0.2, 0) is 14.6 Å². The van der Waals surface area contributed by atoms with Crippen molar-refractivity contribution in [2.75, 3.05) is 24.6 Å². The van der Waals surface area contributed by atoms with E-state index >= 15 is 0 Å². The first-order chi connectivity index (χ1) is 9.43. The summed E-state index contributed by atoms with van der Waals surface area (Å²) in [6.45, 7) is 0.752. The molecule has 3 rings (SSSR count). The predicted molar refractivity (Wildman–Crippen MR) is 75.2 cm³/mol. The fourth-order valence-electron chi connectivity index (χ4n) is 4.48. The highest BCUT2D eigenvalue weighted by Crippen LogP contribution is 2.48. The number of carboxylic acid groups (broad SMARTS) is 1. The molecule has 5 nitrogen and oxygen atoms in total. The number of carboxylic acids is 1. The molecule has 0 spiro atoms. The van der Waals surface area contributed by atoms with Crippen molar-refractivity contribution in [1.29, 1.82) is 0 Å². The van der Waals surface area contributed by atoms with Crippen LogP contribution in [0.25, 0.3) is 0 Å². The first-order valence-corrected chi connectivity index (χ1v) is 9.41. The molecule has 1 N–H and O–H groups in total. The maximum atomic E-state index is 11.6. The van der Waals surface area contributed by atoms with E-state index in [1.165, 1.54) is 25.7 Å². The average molecular weight is 301 g/mol. The monoisotopic (exact) mass is 301 g/mol. The van der Waals surface area contributed by atoms with Crippen molar-refractivity contribution in [3.8, 4) is 0 Å². The van der Waals surface area contributed by atoms with Crippen LogP contribution in [0.1, 0.15) is 32.1 Å². The summed E-state index contributed by atoms with van der Waals surface area (Å²) in [5.74, 6) is 1.66. The molecule has 2 aliphatic carbocycles. The van der Waals surface area contributed by atoms with Crippen LogP contribution in [0, 0.1) is 17.8 Å². The van der Waals surface area contributed by atoms with Crippen molar-refractivity contribution in [3.63, 3.8) is 0 Å². The number of fused-ring (bicyclic) bond motifs is 2. The molecule has 4 atom stereocenters. The summed E-state index contributed by atoms with van der Waals surface area (Å²) in [6.07, 6.45) is 5.71. The van der Waals surface area contributed by atoms with Crippen LogP contribution < -0.4 is 0 Å². The molecule has 1 saturated heterocycles. The molecule has 0 aromatic carbocycles. The van der Waals surface area contributed by atoms with Gasteiger partial charge in [0.15, 0.2) is 9.84 Å². The molecule has 20 heavy (non-hydrogen) atoms. The SMILES string of the molecule is O=C(O)CN(CC1CC2CCC1C2)C1CCS(=O)(=O)C1. The minimum atomic E-state index is -2.95. The van der Waals surface area contributed by atoms with Gasteiger partial charge in [-0.05, 0) is 43.4 Å². The van der Waals surface area contributed by atoms with Crippen LogP contribution in [0.15, 0.2) is 0 Å². The van der Waals surface area contributed by atoms with E-state index in [0.29, 0.717) is 12.3 Å². The van der Waals surface area contributed by atoms with Gasteiger partial charge < -0.3 is 5.11 Å². The standard InChI is InChI=1S/C14H23NO4S/c16-14(17)8-15(13-3-4-20(18,19)9-13)7-12-6-10-1-2-11(12)5-10/h10-13H,1-9H2,(H,16,17). The molecule has 114 valence electrons. The van der Waals surface area contributed by atoms with Crippen molar-refractivity contribution in [2.24, 2.45) is 17.8 Å². The lowest BCUT2D eigenvalue weighted by Crippen LogP contribution is -2.43. The summed E-state index contributed by atoms with van der Waals surface area (Å²) >= 11 is 0. The van der Waals surface area contributed by atoms with E-state index in [9.17, 15) is 13.2 Å². The van der Waals surface area contributed by atoms with Gasteiger partial charge in [0.2, 0.25) is 0 Å². The minimum Gasteiger partial charge on any atom is -0.480 e. The second-order valence-corrected chi connectivity index (χ2v) is 9.04. The van der Waals surface area contributed by atoms with E-state index < -0.39 is 15.8 Å². The highest BCUT2D eigenvalue weighted by molar-refractivity contribution is 7.91. The zero-order chi connectivity index (χ0) is 14.3. The van der Waals surface area contributed by atoms with E-state index in [4.69, 9.17) is 5.11 Å². The number of carbonyl (C=O) groups is 1. The lowest BCUT2D eigenvalue weighted by atomic mass is 9.88. The number of hydrogen-bond donors (Lipinski definition) is 1. The van der Waals surface area contributed by atoms with E-state index in [1.807, 2.05) is 4.90 Å². The van der Waals surface area contributed by atoms with Gasteiger partial charge in [-0.2, -0.15) is 0 Å². The Bertz CT molecular complexity index is 489. The zero-order valence-corrected chi connectivity index (χ0v) is 12.5. The molecular formula is C14H23NO4S. The Balaban J connectivity index is 1.65. The van der Waals surface area contributed by atoms with Gasteiger partial charge in [0.05, 0.1) is 18.1 Å². The summed E-state index contributed by atoms with van der Waals surface area (Å²) in [7, 11) is -2.95. The fourth-order valence-corrected chi connectivity index (χ4v) is 6.24. The third-order valence-corrected chi connectivity index (χ3v) is 7.17. The number of sulfone groups is 1. The highest BCUT2D eigenvalue weighted by atomic mass is 32.2. The summed E-state index contributed by atoms with van der Waals surface area (Å²) in [5, 5.41) is 9.09. The Kier molecular flexibility index (Phi) is 3.79. The lowest BCUT2D eigenvalue weighted by Gasteiger charge is -2.32. The Morgan fingerprint density at radius 3 is 2.50 bits per heavy atom. The van der Waals surface area contributed by atoms with Gasteiger partial charge >= 0.3 is 5.97 Å². The molecule has 0 aromatic heterocycles. The molecule has 1 aliphatic heterocycles. The second-order valence-electron chi connectivity index (χ2n) is 6.81. The Morgan fingerprint density at radius 1 is 1.20 bits per heavy atom. The maximum Gasteiger partial charge on any atom is 0.317 e. The highest BCUT2D eigenvalue weighted by Gasteiger charge is 2.42. The Morgan fingerprint density at radius 2 is 2.00 bits per heavy atom. The van der Waals surface area contributed by atoms with Crippen LogP contribution in [0.3, 0.4) is 0 Å². The molecule has 3 fully saturated rings. The van der Waals surface area contributed by atoms with Crippen molar-refractivity contribution >= 4 is 15.8 Å². The van der Waals surface area contributed by atoms with Crippen LogP contribution >= 0.6 is 0 Å². The molecule has 2 saturated carbocycles. The summed E-state index contributed by atoms with van der Waals surface area (Å²) in [5.41, 5.74) is 0. The van der Waals surface area contributed by atoms with Crippen molar-refractivity contribution < 1.29 is 18.3 Å². The molecule has 3 aliphatic rings. The molecular weight excluding hydrogens is 278 g/mol. The maximum absolute atomic E-state index is 11.6. The van der Waals surface area contributed by atoms with Gasteiger partial charge in [-0.3, -0.25) is 9.69 Å². The zero-order valence-electron chi connectivity index (χ0n) is 11.7. The molecule has 2 bridgehead atoms. The summed E-state index contributed by atoms with van der Waals surface area (Å²) in [4.78, 5) is 13.0. The fraction of sp³-hybridized carbons (Fsp3) is 0.929. The largest absolute Gasteiger partial charge is 0.480 e. The van der Waals surface area contributed by atoms with Crippen molar-refractivity contribution in [1.82, 2.24) is 4.90 Å². The first kappa shape index (κ1) is 14.3. The van der Waals surface area contributed by atoms with Gasteiger partial charge in [-0.1, -0.05) is 6.42 Å². The van der Waals surface area contributed by atoms with Gasteiger partial charge in [0, 0.05) is 12.6 Å². The van der Waals surface area contributed by atoms with E-state index in [1.54, 1.807) is 0 Å². The van der Waals surface area contributed by atoms with Gasteiger partial charge in [0.1, 0.15) is 0 Å². The molecule has 0 amide bonds. The average Bonchev–Trinajstić information content (AvgIpc) is 3.02. The predicted octanol–water partition coefficient (Wildman–Crippen LogP) is 0.996. The minimum absolute atomic E-state index is 0.0198. The third-order valence-electron chi connectivity index (χ3n) is 5.42. The summed E-state index contributed by atoms with van der Waals surface area (Å²) < 4.78 is 23.2. The van der Waals surface area contributed by atoms with Crippen LogP contribution in [-0.4, -0.2) is 55.0 Å². The smallest absolute Gasteiger partial charge is 0.317 e. The summed E-state index contributed by atoms with van der Waals surface area (Å²) in [6, 6.07) is -0.0878. The second kappa shape index (κ2) is 5.30. The molecule has 0 aromatic rings. The quantitative estimate of drug-likeness (QED) is 0.820. The number of rotatable bonds is 5. The van der Waals surface area contributed by atoms with E-state index in [2.05, 4.69) is 0 Å². The van der Waals surface area contributed by atoms with Crippen LogP contribution in [0.5, 0.6) is 0 Å². The Hall–Kier alpha value is -0.620. The number of aliphatic carboxylic acids is 1. The van der Waals surface area contributed by atoms with E-state index in [-0.39, 0.29) is 24.1 Å². The van der Waals surface area contributed by atoms with E-state index in [0.717, 1.165) is 18.4 Å². The molecule has 0 radical (unpaired) electrons. The number of nitrogens with zero attached hydrogens (tertiary/aromatic N) is 1. The van der Waals surface area contributed by atoms with Gasteiger partial charge in [0.25, 0.3) is 0 Å². The van der Waals surface area contributed by atoms with Gasteiger partial charge in [-0.25, -0.2) is 8.42 Å². The van der Waals surface area contributed by atoms with Gasteiger partial charge in [-0.15, -0.1) is 0 Å². The van der Waals surface area contributed by atoms with Crippen LogP contribution in [0.4, 0.5) is 0 Å². The van der Waals surface area contributed by atoms with Crippen molar-refractivity contribution in [3.05, 3.63) is 0 Å². The molecule has 6 heteroatoms. The molecule has 1 heterocycles. The normalized spacial score (nSPS) is 38.6. The number of hydrogen-bond acceptors (Lipinski definition) is 4. The topological polar surface area (TPSA) is 74.7 Å². The first-order valence-electron chi connectivity index (χ1n) is 7.59.